The summed E-state index contributed by atoms with van der Waals surface area (Å²) in [6.07, 6.45) is 0.686. The van der Waals surface area contributed by atoms with Crippen LogP contribution in [-0.4, -0.2) is 16.9 Å². The molecule has 6 nitrogen and oxygen atoms in total. The molecule has 1 aromatic carbocycles. The molecule has 3 amide bonds. The van der Waals surface area contributed by atoms with Crippen LogP contribution in [0.1, 0.15) is 21.1 Å². The predicted octanol–water partition coefficient (Wildman–Crippen LogP) is 3.92. The molecular formula is C16H13ClN4O2S2. The molecule has 0 bridgehead atoms. The van der Waals surface area contributed by atoms with Crippen LogP contribution < -0.4 is 16.2 Å². The molecule has 2 heterocycles. The van der Waals surface area contributed by atoms with Crippen LogP contribution >= 0.6 is 34.3 Å². The molecule has 0 spiro atoms. The van der Waals surface area contributed by atoms with Gasteiger partial charge in [0.2, 0.25) is 0 Å². The van der Waals surface area contributed by atoms with E-state index < -0.39 is 11.9 Å². The summed E-state index contributed by atoms with van der Waals surface area (Å²) >= 11 is 8.80. The molecule has 0 saturated heterocycles. The third kappa shape index (κ3) is 5.02. The Morgan fingerprint density at radius 1 is 1.08 bits per heavy atom. The first-order valence-corrected chi connectivity index (χ1v) is 9.38. The van der Waals surface area contributed by atoms with Crippen LogP contribution in [0.5, 0.6) is 0 Å². The Balaban J connectivity index is 1.49. The maximum atomic E-state index is 12.0. The van der Waals surface area contributed by atoms with Gasteiger partial charge in [0.1, 0.15) is 5.69 Å². The molecule has 0 atom stereocenters. The Hall–Kier alpha value is -2.42. The van der Waals surface area contributed by atoms with Gasteiger partial charge in [0, 0.05) is 22.5 Å². The first-order chi connectivity index (χ1) is 12.1. The molecule has 3 aromatic rings. The summed E-state index contributed by atoms with van der Waals surface area (Å²) < 4.78 is 0. The zero-order chi connectivity index (χ0) is 17.6. The normalized spacial score (nSPS) is 10.3. The zero-order valence-corrected chi connectivity index (χ0v) is 15.2. The number of thiazole rings is 1. The van der Waals surface area contributed by atoms with Crippen molar-refractivity contribution in [1.29, 1.82) is 0 Å². The third-order valence-corrected chi connectivity index (χ3v) is 4.94. The number of hydrazine groups is 1. The highest BCUT2D eigenvalue weighted by Crippen LogP contribution is 2.16. The Bertz CT molecular complexity index is 863. The fourth-order valence-corrected chi connectivity index (χ4v) is 3.54. The highest BCUT2D eigenvalue weighted by Gasteiger charge is 2.12. The van der Waals surface area contributed by atoms with E-state index in [1.165, 1.54) is 11.3 Å². The molecule has 3 N–H and O–H groups in total. The van der Waals surface area contributed by atoms with Crippen molar-refractivity contribution in [3.8, 4) is 0 Å². The van der Waals surface area contributed by atoms with E-state index in [1.807, 2.05) is 16.8 Å². The second-order valence-electron chi connectivity index (χ2n) is 4.98. The summed E-state index contributed by atoms with van der Waals surface area (Å²) in [5.41, 5.74) is 6.59. The molecule has 0 fully saturated rings. The van der Waals surface area contributed by atoms with Crippen LogP contribution in [0.3, 0.4) is 0 Å². The van der Waals surface area contributed by atoms with E-state index in [0.717, 1.165) is 10.6 Å². The van der Waals surface area contributed by atoms with E-state index in [1.54, 1.807) is 41.0 Å². The van der Waals surface area contributed by atoms with Crippen molar-refractivity contribution in [2.24, 2.45) is 0 Å². The average Bonchev–Trinajstić information content (AvgIpc) is 3.27. The fourth-order valence-electron chi connectivity index (χ4n) is 1.94. The molecule has 0 aliphatic carbocycles. The molecule has 0 radical (unpaired) electrons. The van der Waals surface area contributed by atoms with E-state index in [9.17, 15) is 9.59 Å². The van der Waals surface area contributed by atoms with E-state index in [0.29, 0.717) is 17.1 Å². The van der Waals surface area contributed by atoms with Gasteiger partial charge in [-0.1, -0.05) is 11.6 Å². The summed E-state index contributed by atoms with van der Waals surface area (Å²) in [4.78, 5) is 28.1. The van der Waals surface area contributed by atoms with Crippen molar-refractivity contribution < 1.29 is 9.59 Å². The maximum absolute atomic E-state index is 12.0. The number of nitrogens with zero attached hydrogens (tertiary/aromatic N) is 1. The van der Waals surface area contributed by atoms with Gasteiger partial charge in [0.25, 0.3) is 5.91 Å². The first kappa shape index (κ1) is 17.4. The number of rotatable bonds is 4. The van der Waals surface area contributed by atoms with Gasteiger partial charge in [-0.15, -0.1) is 11.3 Å². The Labute approximate surface area is 156 Å². The first-order valence-electron chi connectivity index (χ1n) is 7.18. The van der Waals surface area contributed by atoms with Gasteiger partial charge in [0.05, 0.1) is 5.01 Å². The molecule has 0 aliphatic rings. The number of hydrogen-bond donors (Lipinski definition) is 3. The lowest BCUT2D eigenvalue weighted by Gasteiger charge is -2.08. The number of thiophene rings is 1. The minimum atomic E-state index is -0.565. The number of hydrogen-bond acceptors (Lipinski definition) is 5. The summed E-state index contributed by atoms with van der Waals surface area (Å²) in [6, 6.07) is 8.07. The minimum absolute atomic E-state index is 0.266. The van der Waals surface area contributed by atoms with Crippen LogP contribution in [0.2, 0.25) is 5.02 Å². The number of benzene rings is 1. The summed E-state index contributed by atoms with van der Waals surface area (Å²) in [5.74, 6) is -0.473. The molecule has 25 heavy (non-hydrogen) atoms. The van der Waals surface area contributed by atoms with Crippen molar-refractivity contribution >= 4 is 51.9 Å². The lowest BCUT2D eigenvalue weighted by atomic mass is 10.2. The predicted molar refractivity (Wildman–Crippen MR) is 100 cm³/mol. The number of nitrogens with one attached hydrogen (secondary N) is 3. The lowest BCUT2D eigenvalue weighted by molar-refractivity contribution is 0.0933. The molecule has 3 rings (SSSR count). The lowest BCUT2D eigenvalue weighted by Crippen LogP contribution is -2.44. The van der Waals surface area contributed by atoms with Gasteiger partial charge in [-0.05, 0) is 46.7 Å². The minimum Gasteiger partial charge on any atom is -0.307 e. The molecule has 0 saturated carbocycles. The summed E-state index contributed by atoms with van der Waals surface area (Å²) in [6.45, 7) is 0. The third-order valence-electron chi connectivity index (χ3n) is 3.11. The van der Waals surface area contributed by atoms with E-state index >= 15 is 0 Å². The maximum Gasteiger partial charge on any atom is 0.337 e. The standard InChI is InChI=1S/C16H13ClN4O2S2/c17-11-1-3-12(4-2-11)18-16(23)21-20-15(22)13-9-25-14(19-13)7-10-5-6-24-8-10/h1-6,8-9H,7H2,(H,20,22)(H2,18,21,23). The summed E-state index contributed by atoms with van der Waals surface area (Å²) in [7, 11) is 0. The second-order valence-corrected chi connectivity index (χ2v) is 7.13. The molecule has 128 valence electrons. The molecule has 2 aromatic heterocycles. The highest BCUT2D eigenvalue weighted by atomic mass is 35.5. The van der Waals surface area contributed by atoms with Crippen LogP contribution in [0.25, 0.3) is 0 Å². The van der Waals surface area contributed by atoms with E-state index in [4.69, 9.17) is 11.6 Å². The monoisotopic (exact) mass is 392 g/mol. The smallest absolute Gasteiger partial charge is 0.307 e. The number of aromatic nitrogens is 1. The van der Waals surface area contributed by atoms with Crippen molar-refractivity contribution in [2.75, 3.05) is 5.32 Å². The average molecular weight is 393 g/mol. The largest absolute Gasteiger partial charge is 0.337 e. The van der Waals surface area contributed by atoms with Gasteiger partial charge >= 0.3 is 6.03 Å². The second kappa shape index (κ2) is 8.11. The van der Waals surface area contributed by atoms with Crippen molar-refractivity contribution in [3.05, 3.63) is 67.8 Å². The number of halogens is 1. The van der Waals surface area contributed by atoms with Gasteiger partial charge in [-0.2, -0.15) is 11.3 Å². The van der Waals surface area contributed by atoms with Crippen molar-refractivity contribution in [1.82, 2.24) is 15.8 Å². The van der Waals surface area contributed by atoms with Crippen LogP contribution in [0.15, 0.2) is 46.5 Å². The van der Waals surface area contributed by atoms with Gasteiger partial charge in [-0.3, -0.25) is 10.2 Å². The van der Waals surface area contributed by atoms with Crippen LogP contribution in [0, 0.1) is 0 Å². The Morgan fingerprint density at radius 3 is 2.60 bits per heavy atom. The fraction of sp³-hybridized carbons (Fsp3) is 0.0625. The number of carbonyl (C=O) groups excluding carboxylic acids is 2. The molecule has 9 heteroatoms. The molecule has 0 aliphatic heterocycles. The Morgan fingerprint density at radius 2 is 1.88 bits per heavy atom. The molecule has 0 unspecified atom stereocenters. The highest BCUT2D eigenvalue weighted by molar-refractivity contribution is 7.10. The van der Waals surface area contributed by atoms with Crippen LogP contribution in [-0.2, 0) is 6.42 Å². The van der Waals surface area contributed by atoms with Gasteiger partial charge in [-0.25, -0.2) is 15.2 Å². The van der Waals surface area contributed by atoms with E-state index in [-0.39, 0.29) is 5.69 Å². The van der Waals surface area contributed by atoms with Crippen molar-refractivity contribution in [3.63, 3.8) is 0 Å². The number of anilines is 1. The number of carbonyl (C=O) groups is 2. The topological polar surface area (TPSA) is 83.1 Å². The quantitative estimate of drug-likeness (QED) is 0.588. The SMILES string of the molecule is O=C(NNC(=O)c1csc(Cc2ccsc2)n1)Nc1ccc(Cl)cc1. The molecular weight excluding hydrogens is 380 g/mol. The Kier molecular flexibility index (Phi) is 5.64. The number of urea groups is 1. The van der Waals surface area contributed by atoms with Gasteiger partial charge in [0.15, 0.2) is 0 Å². The van der Waals surface area contributed by atoms with Crippen molar-refractivity contribution in [2.45, 2.75) is 6.42 Å². The van der Waals surface area contributed by atoms with Gasteiger partial charge < -0.3 is 5.32 Å². The van der Waals surface area contributed by atoms with E-state index in [2.05, 4.69) is 21.2 Å². The van der Waals surface area contributed by atoms with Crippen LogP contribution in [0.4, 0.5) is 10.5 Å². The zero-order valence-electron chi connectivity index (χ0n) is 12.8. The summed E-state index contributed by atoms with van der Waals surface area (Å²) in [5, 5.41) is 9.69. The number of amides is 3.